The zero-order valence-corrected chi connectivity index (χ0v) is 19.8. The number of thiazole rings is 1. The van der Waals surface area contributed by atoms with Gasteiger partial charge in [-0.05, 0) is 37.1 Å². The summed E-state index contributed by atoms with van der Waals surface area (Å²) in [6, 6.07) is 6.97. The molecule has 174 valence electrons. The molecule has 1 amide bonds. The predicted octanol–water partition coefficient (Wildman–Crippen LogP) is 2.65. The summed E-state index contributed by atoms with van der Waals surface area (Å²) in [5, 5.41) is 9.99. The van der Waals surface area contributed by atoms with Gasteiger partial charge in [0.1, 0.15) is 17.2 Å². The number of hydrogen-bond acceptors (Lipinski definition) is 8. The molecule has 33 heavy (non-hydrogen) atoms. The fourth-order valence-corrected chi connectivity index (χ4v) is 6.68. The van der Waals surface area contributed by atoms with Gasteiger partial charge in [-0.3, -0.25) is 15.2 Å². The van der Waals surface area contributed by atoms with Crippen molar-refractivity contribution < 1.29 is 22.7 Å². The van der Waals surface area contributed by atoms with E-state index in [4.69, 9.17) is 9.47 Å². The zero-order valence-electron chi connectivity index (χ0n) is 18.1. The van der Waals surface area contributed by atoms with Crippen LogP contribution in [0.1, 0.15) is 33.9 Å². The van der Waals surface area contributed by atoms with Crippen LogP contribution in [0.5, 0.6) is 11.5 Å². The molecular formula is C21H23N5O5S2. The number of anilines is 1. The number of carbonyl (C=O) groups excluding carboxylic acids is 1. The second kappa shape index (κ2) is 8.43. The number of aromatic amines is 1. The van der Waals surface area contributed by atoms with Crippen LogP contribution in [0.3, 0.4) is 0 Å². The van der Waals surface area contributed by atoms with E-state index < -0.39 is 10.0 Å². The predicted molar refractivity (Wildman–Crippen MR) is 123 cm³/mol. The SMILES string of the molecule is COc1ccc(OC)c(-c2cc(C(=O)Nc3nc4c(s3)CN(S(=O)(=O)C3CC3)CC4)[nH]n2)c1. The number of methoxy groups -OCH3 is 2. The van der Waals surface area contributed by atoms with Crippen LogP contribution in [0.15, 0.2) is 24.3 Å². The number of amides is 1. The third kappa shape index (κ3) is 4.21. The molecule has 0 bridgehead atoms. The highest BCUT2D eigenvalue weighted by Crippen LogP contribution is 2.36. The molecule has 12 heteroatoms. The van der Waals surface area contributed by atoms with E-state index in [1.807, 2.05) is 0 Å². The molecule has 0 spiro atoms. The highest BCUT2D eigenvalue weighted by molar-refractivity contribution is 7.90. The lowest BCUT2D eigenvalue weighted by molar-refractivity contribution is 0.102. The Balaban J connectivity index is 1.31. The molecule has 1 aliphatic carbocycles. The molecule has 3 aromatic rings. The average molecular weight is 490 g/mol. The van der Waals surface area contributed by atoms with Gasteiger partial charge >= 0.3 is 0 Å². The van der Waals surface area contributed by atoms with E-state index in [2.05, 4.69) is 20.5 Å². The first kappa shape index (κ1) is 21.9. The van der Waals surface area contributed by atoms with E-state index in [9.17, 15) is 13.2 Å². The zero-order chi connectivity index (χ0) is 23.2. The maximum Gasteiger partial charge on any atom is 0.275 e. The van der Waals surface area contributed by atoms with Crippen LogP contribution in [0, 0.1) is 0 Å². The maximum atomic E-state index is 12.8. The molecule has 2 aromatic heterocycles. The number of nitrogens with one attached hydrogen (secondary N) is 2. The summed E-state index contributed by atoms with van der Waals surface area (Å²) in [5.41, 5.74) is 2.33. The molecule has 0 saturated heterocycles. The molecule has 0 unspecified atom stereocenters. The molecule has 10 nitrogen and oxygen atoms in total. The van der Waals surface area contributed by atoms with Gasteiger partial charge in [-0.1, -0.05) is 0 Å². The van der Waals surface area contributed by atoms with Gasteiger partial charge in [-0.25, -0.2) is 13.4 Å². The molecule has 1 saturated carbocycles. The van der Waals surface area contributed by atoms with Crippen LogP contribution in [-0.2, 0) is 23.0 Å². The first-order valence-electron chi connectivity index (χ1n) is 10.5. The summed E-state index contributed by atoms with van der Waals surface area (Å²) in [7, 11) is -0.0954. The Kier molecular flexibility index (Phi) is 5.59. The fraction of sp³-hybridized carbons (Fsp3) is 0.381. The molecule has 1 aromatic carbocycles. The molecule has 5 rings (SSSR count). The third-order valence-corrected chi connectivity index (χ3v) is 9.07. The Labute approximate surface area is 195 Å². The van der Waals surface area contributed by atoms with Crippen molar-refractivity contribution in [2.45, 2.75) is 31.1 Å². The number of nitrogens with zero attached hydrogens (tertiary/aromatic N) is 3. The normalized spacial score (nSPS) is 16.3. The van der Waals surface area contributed by atoms with E-state index in [0.29, 0.717) is 47.4 Å². The Hall–Kier alpha value is -2.96. The fourth-order valence-electron chi connectivity index (χ4n) is 3.77. The first-order chi connectivity index (χ1) is 15.9. The second-order valence-electron chi connectivity index (χ2n) is 7.90. The standard InChI is InChI=1S/C21H23N5O5S2/c1-30-12-3-6-18(31-2)14(9-12)16-10-17(25-24-16)20(27)23-21-22-15-7-8-26(11-19(15)32-21)33(28,29)13-4-5-13/h3,6,9-10,13H,4-5,7-8,11H2,1-2H3,(H,24,25)(H,22,23,27). The number of H-pyrrole nitrogens is 1. The Morgan fingerprint density at radius 2 is 2.06 bits per heavy atom. The number of carbonyl (C=O) groups is 1. The van der Waals surface area contributed by atoms with Gasteiger partial charge < -0.3 is 9.47 Å². The number of ether oxygens (including phenoxy) is 2. The van der Waals surface area contributed by atoms with Gasteiger partial charge in [0.25, 0.3) is 5.91 Å². The van der Waals surface area contributed by atoms with Crippen LogP contribution in [0.25, 0.3) is 11.3 Å². The van der Waals surface area contributed by atoms with Crippen LogP contribution >= 0.6 is 11.3 Å². The van der Waals surface area contributed by atoms with E-state index >= 15 is 0 Å². The van der Waals surface area contributed by atoms with E-state index in [0.717, 1.165) is 23.4 Å². The Morgan fingerprint density at radius 3 is 2.79 bits per heavy atom. The van der Waals surface area contributed by atoms with Crippen LogP contribution in [0.2, 0.25) is 0 Å². The minimum absolute atomic E-state index is 0.232. The van der Waals surface area contributed by atoms with Crippen LogP contribution < -0.4 is 14.8 Å². The van der Waals surface area contributed by atoms with Crippen molar-refractivity contribution in [3.63, 3.8) is 0 Å². The van der Waals surface area contributed by atoms with Crippen molar-refractivity contribution in [3.05, 3.63) is 40.5 Å². The van der Waals surface area contributed by atoms with Crippen molar-refractivity contribution in [1.82, 2.24) is 19.5 Å². The van der Waals surface area contributed by atoms with Gasteiger partial charge in [0.15, 0.2) is 5.13 Å². The first-order valence-corrected chi connectivity index (χ1v) is 12.8. The molecule has 2 N–H and O–H groups in total. The minimum atomic E-state index is -3.23. The second-order valence-corrected chi connectivity index (χ2v) is 11.2. The van der Waals surface area contributed by atoms with Crippen molar-refractivity contribution >= 4 is 32.4 Å². The molecule has 0 radical (unpaired) electrons. The largest absolute Gasteiger partial charge is 0.497 e. The molecule has 3 heterocycles. The summed E-state index contributed by atoms with van der Waals surface area (Å²) in [5.74, 6) is 0.864. The summed E-state index contributed by atoms with van der Waals surface area (Å²) in [6.45, 7) is 0.737. The van der Waals surface area contributed by atoms with Gasteiger partial charge in [-0.15, -0.1) is 11.3 Å². The smallest absolute Gasteiger partial charge is 0.275 e. The topological polar surface area (TPSA) is 127 Å². The molecule has 2 aliphatic rings. The lowest BCUT2D eigenvalue weighted by atomic mass is 10.1. The summed E-state index contributed by atoms with van der Waals surface area (Å²) in [6.07, 6.45) is 2.02. The summed E-state index contributed by atoms with van der Waals surface area (Å²) in [4.78, 5) is 18.2. The lowest BCUT2D eigenvalue weighted by Crippen LogP contribution is -2.37. The van der Waals surface area contributed by atoms with E-state index in [1.54, 1.807) is 42.8 Å². The van der Waals surface area contributed by atoms with Crippen molar-refractivity contribution in [2.24, 2.45) is 0 Å². The quantitative estimate of drug-likeness (QED) is 0.522. The molecule has 0 atom stereocenters. The van der Waals surface area contributed by atoms with Gasteiger partial charge in [-0.2, -0.15) is 9.40 Å². The summed E-state index contributed by atoms with van der Waals surface area (Å²) < 4.78 is 37.3. The monoisotopic (exact) mass is 489 g/mol. The maximum absolute atomic E-state index is 12.8. The van der Waals surface area contributed by atoms with Gasteiger partial charge in [0, 0.05) is 30.0 Å². The van der Waals surface area contributed by atoms with Crippen molar-refractivity contribution in [3.8, 4) is 22.8 Å². The minimum Gasteiger partial charge on any atom is -0.497 e. The Bertz CT molecular complexity index is 1310. The number of rotatable bonds is 7. The van der Waals surface area contributed by atoms with Gasteiger partial charge in [0.05, 0.1) is 30.9 Å². The van der Waals surface area contributed by atoms with E-state index in [1.165, 1.54) is 11.3 Å². The average Bonchev–Trinajstić information content (AvgIpc) is 3.44. The lowest BCUT2D eigenvalue weighted by Gasteiger charge is -2.25. The number of hydrogen-bond donors (Lipinski definition) is 2. The summed E-state index contributed by atoms with van der Waals surface area (Å²) >= 11 is 1.30. The van der Waals surface area contributed by atoms with E-state index in [-0.39, 0.29) is 16.9 Å². The van der Waals surface area contributed by atoms with Crippen molar-refractivity contribution in [2.75, 3.05) is 26.1 Å². The molecular weight excluding hydrogens is 466 g/mol. The van der Waals surface area contributed by atoms with Crippen molar-refractivity contribution in [1.29, 1.82) is 0 Å². The van der Waals surface area contributed by atoms with Crippen LogP contribution in [0.4, 0.5) is 5.13 Å². The number of fused-ring (bicyclic) bond motifs is 1. The number of benzene rings is 1. The third-order valence-electron chi connectivity index (χ3n) is 5.73. The highest BCUT2D eigenvalue weighted by Gasteiger charge is 2.41. The number of sulfonamides is 1. The number of aromatic nitrogens is 3. The Morgan fingerprint density at radius 1 is 1.24 bits per heavy atom. The van der Waals surface area contributed by atoms with Gasteiger partial charge in [0.2, 0.25) is 10.0 Å². The molecule has 1 aliphatic heterocycles. The van der Waals surface area contributed by atoms with Crippen LogP contribution in [-0.4, -0.2) is 59.8 Å². The highest BCUT2D eigenvalue weighted by atomic mass is 32.2. The molecule has 1 fully saturated rings.